The maximum absolute atomic E-state index is 12.9. The SMILES string of the molecule is Cc1c(C)c(S(=O)(=O)NNC=NCCCC(N)C(=O)O)c(C)c2c1OC(C)(C)CC2. The number of hydrogen-bond acceptors (Lipinski definition) is 6. The molecule has 0 bridgehead atoms. The third-order valence-corrected chi connectivity index (χ3v) is 6.94. The summed E-state index contributed by atoms with van der Waals surface area (Å²) in [6.07, 6.45) is 3.59. The second kappa shape index (κ2) is 9.32. The molecule has 0 radical (unpaired) electrons. The number of sulfonamides is 1. The number of benzene rings is 1. The molecule has 5 N–H and O–H groups in total. The Kier molecular flexibility index (Phi) is 7.49. The van der Waals surface area contributed by atoms with Crippen molar-refractivity contribution in [1.82, 2.24) is 10.3 Å². The van der Waals surface area contributed by atoms with Crippen LogP contribution in [0.25, 0.3) is 0 Å². The Balaban J connectivity index is 2.09. The van der Waals surface area contributed by atoms with Crippen molar-refractivity contribution in [2.75, 3.05) is 6.54 Å². The van der Waals surface area contributed by atoms with Gasteiger partial charge in [0.05, 0.1) is 11.2 Å². The summed E-state index contributed by atoms with van der Waals surface area (Å²) in [6, 6.07) is -0.917. The summed E-state index contributed by atoms with van der Waals surface area (Å²) in [6.45, 7) is 9.86. The first kappa shape index (κ1) is 24.1. The Morgan fingerprint density at radius 3 is 2.60 bits per heavy atom. The maximum Gasteiger partial charge on any atom is 0.320 e. The van der Waals surface area contributed by atoms with Gasteiger partial charge in [-0.1, -0.05) is 0 Å². The molecule has 1 unspecified atom stereocenters. The molecule has 0 spiro atoms. The van der Waals surface area contributed by atoms with Crippen LogP contribution < -0.4 is 20.7 Å². The van der Waals surface area contributed by atoms with Crippen molar-refractivity contribution in [3.63, 3.8) is 0 Å². The minimum Gasteiger partial charge on any atom is -0.487 e. The molecule has 0 saturated carbocycles. The third-order valence-electron chi connectivity index (χ3n) is 5.40. The van der Waals surface area contributed by atoms with Gasteiger partial charge in [-0.05, 0) is 82.6 Å². The molecular weight excluding hydrogens is 408 g/mol. The lowest BCUT2D eigenvalue weighted by atomic mass is 9.88. The van der Waals surface area contributed by atoms with Gasteiger partial charge in [0.1, 0.15) is 17.4 Å². The maximum atomic E-state index is 12.9. The summed E-state index contributed by atoms with van der Waals surface area (Å²) < 4.78 is 32.0. The van der Waals surface area contributed by atoms with Gasteiger partial charge in [0.15, 0.2) is 0 Å². The summed E-state index contributed by atoms with van der Waals surface area (Å²) in [5.41, 5.74) is 10.7. The first-order valence-corrected chi connectivity index (χ1v) is 11.4. The second-order valence-corrected chi connectivity index (χ2v) is 9.86. The summed E-state index contributed by atoms with van der Waals surface area (Å²) in [4.78, 5) is 17.3. The molecule has 2 rings (SSSR count). The third kappa shape index (κ3) is 5.50. The first-order chi connectivity index (χ1) is 13.9. The van der Waals surface area contributed by atoms with Crippen LogP contribution in [-0.4, -0.2) is 44.0 Å². The van der Waals surface area contributed by atoms with Crippen LogP contribution in [0.4, 0.5) is 0 Å². The molecule has 0 aromatic heterocycles. The van der Waals surface area contributed by atoms with Gasteiger partial charge < -0.3 is 15.6 Å². The molecule has 0 aliphatic carbocycles. The molecule has 10 heteroatoms. The fourth-order valence-electron chi connectivity index (χ4n) is 3.54. The number of aliphatic carboxylic acids is 1. The Morgan fingerprint density at radius 1 is 1.30 bits per heavy atom. The molecule has 0 saturated heterocycles. The Labute approximate surface area is 178 Å². The van der Waals surface area contributed by atoms with Crippen LogP contribution in [0, 0.1) is 20.8 Å². The van der Waals surface area contributed by atoms with Crippen molar-refractivity contribution in [1.29, 1.82) is 0 Å². The van der Waals surface area contributed by atoms with E-state index in [0.717, 1.165) is 29.7 Å². The van der Waals surface area contributed by atoms with E-state index in [0.29, 0.717) is 30.5 Å². The number of nitrogens with two attached hydrogens (primary N) is 1. The highest BCUT2D eigenvalue weighted by atomic mass is 32.2. The number of rotatable bonds is 9. The van der Waals surface area contributed by atoms with Gasteiger partial charge >= 0.3 is 5.97 Å². The van der Waals surface area contributed by atoms with Crippen LogP contribution >= 0.6 is 0 Å². The number of nitrogens with zero attached hydrogens (tertiary/aromatic N) is 1. The number of hydrogen-bond donors (Lipinski definition) is 4. The Hall–Kier alpha value is -2.17. The van der Waals surface area contributed by atoms with Crippen molar-refractivity contribution in [3.8, 4) is 5.75 Å². The number of nitrogens with one attached hydrogen (secondary N) is 2. The van der Waals surface area contributed by atoms with Gasteiger partial charge in [0.25, 0.3) is 10.0 Å². The molecule has 1 aliphatic heterocycles. The van der Waals surface area contributed by atoms with E-state index in [1.54, 1.807) is 13.8 Å². The van der Waals surface area contributed by atoms with Crippen molar-refractivity contribution in [3.05, 3.63) is 22.3 Å². The van der Waals surface area contributed by atoms with Crippen molar-refractivity contribution < 1.29 is 23.1 Å². The second-order valence-electron chi connectivity index (χ2n) is 8.25. The lowest BCUT2D eigenvalue weighted by molar-refractivity contribution is -0.138. The number of carbonyl (C=O) groups is 1. The van der Waals surface area contributed by atoms with E-state index in [1.165, 1.54) is 6.34 Å². The molecule has 1 aliphatic rings. The van der Waals surface area contributed by atoms with Crippen LogP contribution in [-0.2, 0) is 21.2 Å². The number of ether oxygens (including phenoxy) is 1. The molecule has 1 aromatic rings. The van der Waals surface area contributed by atoms with Crippen LogP contribution in [0.5, 0.6) is 5.75 Å². The van der Waals surface area contributed by atoms with Crippen molar-refractivity contribution >= 4 is 22.3 Å². The fourth-order valence-corrected chi connectivity index (χ4v) is 4.93. The summed E-state index contributed by atoms with van der Waals surface area (Å²) >= 11 is 0. The van der Waals surface area contributed by atoms with Crippen molar-refractivity contribution in [2.24, 2.45) is 10.7 Å². The van der Waals surface area contributed by atoms with Crippen LogP contribution in [0.1, 0.15) is 55.4 Å². The van der Waals surface area contributed by atoms with Crippen molar-refractivity contribution in [2.45, 2.75) is 76.8 Å². The van der Waals surface area contributed by atoms with Crippen LogP contribution in [0.15, 0.2) is 9.89 Å². The normalized spacial score (nSPS) is 16.7. The zero-order chi connectivity index (χ0) is 22.7. The van der Waals surface area contributed by atoms with E-state index in [9.17, 15) is 13.2 Å². The minimum atomic E-state index is -3.83. The number of carboxylic acids is 1. The largest absolute Gasteiger partial charge is 0.487 e. The smallest absolute Gasteiger partial charge is 0.320 e. The number of carboxylic acid groups (broad SMARTS) is 1. The van der Waals surface area contributed by atoms with Gasteiger partial charge in [-0.2, -0.15) is 0 Å². The van der Waals surface area contributed by atoms with E-state index >= 15 is 0 Å². The van der Waals surface area contributed by atoms with E-state index in [4.69, 9.17) is 15.6 Å². The quantitative estimate of drug-likeness (QED) is 0.198. The molecule has 0 amide bonds. The monoisotopic (exact) mass is 440 g/mol. The number of hydrazine groups is 1. The molecule has 1 aromatic carbocycles. The van der Waals surface area contributed by atoms with Crippen LogP contribution in [0.3, 0.4) is 0 Å². The number of fused-ring (bicyclic) bond motifs is 1. The topological polar surface area (TPSA) is 143 Å². The average Bonchev–Trinajstić information content (AvgIpc) is 2.64. The Bertz CT molecular complexity index is 941. The molecule has 1 atom stereocenters. The minimum absolute atomic E-state index is 0.246. The lowest BCUT2D eigenvalue weighted by Crippen LogP contribution is -2.38. The van der Waals surface area contributed by atoms with E-state index < -0.39 is 22.0 Å². The molecule has 9 nitrogen and oxygen atoms in total. The van der Waals surface area contributed by atoms with E-state index in [2.05, 4.69) is 15.2 Å². The van der Waals surface area contributed by atoms with Gasteiger partial charge in [0, 0.05) is 6.54 Å². The highest BCUT2D eigenvalue weighted by Gasteiger charge is 2.33. The van der Waals surface area contributed by atoms with Crippen LogP contribution in [0.2, 0.25) is 0 Å². The Morgan fingerprint density at radius 2 is 1.97 bits per heavy atom. The van der Waals surface area contributed by atoms with Gasteiger partial charge in [-0.15, -0.1) is 4.83 Å². The van der Waals surface area contributed by atoms with Gasteiger partial charge in [0.2, 0.25) is 0 Å². The van der Waals surface area contributed by atoms with E-state index in [-0.39, 0.29) is 10.5 Å². The molecule has 168 valence electrons. The fraction of sp³-hybridized carbons (Fsp3) is 0.600. The molecular formula is C20H32N4O5S. The first-order valence-electron chi connectivity index (χ1n) is 9.93. The molecule has 1 heterocycles. The standard InChI is InChI=1S/C20H32N4O5S/c1-12-13(2)18(14(3)15-8-9-20(4,5)29-17(12)15)30(27,28)24-23-11-22-10-6-7-16(21)19(25)26/h11,16,24H,6-10,21H2,1-5H3,(H,22,23)(H,25,26). The molecule has 30 heavy (non-hydrogen) atoms. The van der Waals surface area contributed by atoms with Gasteiger partial charge in [-0.3, -0.25) is 15.2 Å². The lowest BCUT2D eigenvalue weighted by Gasteiger charge is -2.35. The highest BCUT2D eigenvalue weighted by molar-refractivity contribution is 7.89. The predicted octanol–water partition coefficient (Wildman–Crippen LogP) is 1.72. The van der Waals surface area contributed by atoms with Gasteiger partial charge in [-0.25, -0.2) is 8.42 Å². The number of aliphatic imine (C=N–C) groups is 1. The summed E-state index contributed by atoms with van der Waals surface area (Å²) in [5.74, 6) is -0.265. The molecule has 0 fully saturated rings. The zero-order valence-electron chi connectivity index (χ0n) is 18.2. The average molecular weight is 441 g/mol. The zero-order valence-corrected chi connectivity index (χ0v) is 19.0. The summed E-state index contributed by atoms with van der Waals surface area (Å²) in [7, 11) is -3.83. The van der Waals surface area contributed by atoms with E-state index in [1.807, 2.05) is 20.8 Å². The highest BCUT2D eigenvalue weighted by Crippen LogP contribution is 2.41. The summed E-state index contributed by atoms with van der Waals surface area (Å²) in [5, 5.41) is 8.72. The predicted molar refractivity (Wildman–Crippen MR) is 115 cm³/mol.